The second-order valence-corrected chi connectivity index (χ2v) is 9.81. The molecular weight excluding hydrogens is 388 g/mol. The molecule has 28 heavy (non-hydrogen) atoms. The highest BCUT2D eigenvalue weighted by Gasteiger charge is 2.17. The lowest BCUT2D eigenvalue weighted by atomic mass is 10.1. The first kappa shape index (κ1) is 19.8. The molecule has 0 aromatic heterocycles. The SMILES string of the molecule is O=C(Nc1ccc(CN2CCOCC2)cc1)c1ccc(C2SCCCS2)cc1. The summed E-state index contributed by atoms with van der Waals surface area (Å²) in [6.07, 6.45) is 1.29. The predicted molar refractivity (Wildman–Crippen MR) is 119 cm³/mol. The van der Waals surface area contributed by atoms with Crippen molar-refractivity contribution in [2.24, 2.45) is 0 Å². The average Bonchev–Trinajstić information content (AvgIpc) is 2.76. The molecule has 1 amide bonds. The van der Waals surface area contributed by atoms with Gasteiger partial charge in [-0.25, -0.2) is 0 Å². The quantitative estimate of drug-likeness (QED) is 0.772. The zero-order chi connectivity index (χ0) is 19.2. The normalized spacial score (nSPS) is 18.7. The zero-order valence-corrected chi connectivity index (χ0v) is 17.6. The van der Waals surface area contributed by atoms with Gasteiger partial charge in [-0.05, 0) is 53.3 Å². The third-order valence-electron chi connectivity index (χ3n) is 4.99. The molecule has 4 nitrogen and oxygen atoms in total. The number of nitrogens with zero attached hydrogens (tertiary/aromatic N) is 1. The number of morpholine rings is 1. The van der Waals surface area contributed by atoms with E-state index in [4.69, 9.17) is 4.74 Å². The van der Waals surface area contributed by atoms with Crippen LogP contribution in [0.25, 0.3) is 0 Å². The minimum Gasteiger partial charge on any atom is -0.379 e. The number of hydrogen-bond acceptors (Lipinski definition) is 5. The summed E-state index contributed by atoms with van der Waals surface area (Å²) in [7, 11) is 0. The van der Waals surface area contributed by atoms with Crippen LogP contribution in [0.2, 0.25) is 0 Å². The molecule has 2 saturated heterocycles. The molecule has 2 aliphatic rings. The summed E-state index contributed by atoms with van der Waals surface area (Å²) >= 11 is 4.00. The summed E-state index contributed by atoms with van der Waals surface area (Å²) in [5.41, 5.74) is 4.09. The fourth-order valence-corrected chi connectivity index (χ4v) is 6.28. The number of hydrogen-bond donors (Lipinski definition) is 1. The molecule has 2 aliphatic heterocycles. The number of benzene rings is 2. The Morgan fingerprint density at radius 3 is 2.36 bits per heavy atom. The minimum absolute atomic E-state index is 0.0589. The van der Waals surface area contributed by atoms with Gasteiger partial charge in [0.15, 0.2) is 0 Å². The summed E-state index contributed by atoms with van der Waals surface area (Å²) in [5.74, 6) is 2.39. The zero-order valence-electron chi connectivity index (χ0n) is 15.9. The Bertz CT molecular complexity index is 768. The molecule has 2 heterocycles. The molecule has 6 heteroatoms. The van der Waals surface area contributed by atoms with Crippen molar-refractivity contribution in [1.82, 2.24) is 4.90 Å². The van der Waals surface area contributed by atoms with Gasteiger partial charge in [-0.3, -0.25) is 9.69 Å². The molecular formula is C22H26N2O2S2. The van der Waals surface area contributed by atoms with Crippen LogP contribution in [0.4, 0.5) is 5.69 Å². The van der Waals surface area contributed by atoms with Crippen molar-refractivity contribution >= 4 is 35.1 Å². The molecule has 0 unspecified atom stereocenters. The summed E-state index contributed by atoms with van der Waals surface area (Å²) in [6.45, 7) is 4.51. The molecule has 2 fully saturated rings. The van der Waals surface area contributed by atoms with E-state index in [9.17, 15) is 4.79 Å². The maximum Gasteiger partial charge on any atom is 0.255 e. The van der Waals surface area contributed by atoms with E-state index in [1.807, 2.05) is 47.8 Å². The number of amides is 1. The molecule has 0 bridgehead atoms. The number of nitrogens with one attached hydrogen (secondary N) is 1. The van der Waals surface area contributed by atoms with Crippen LogP contribution < -0.4 is 5.32 Å². The van der Waals surface area contributed by atoms with Gasteiger partial charge in [-0.2, -0.15) is 0 Å². The highest BCUT2D eigenvalue weighted by Crippen LogP contribution is 2.43. The Morgan fingerprint density at radius 2 is 1.68 bits per heavy atom. The first-order valence-electron chi connectivity index (χ1n) is 9.81. The largest absolute Gasteiger partial charge is 0.379 e. The van der Waals surface area contributed by atoms with Crippen molar-refractivity contribution in [2.75, 3.05) is 43.1 Å². The summed E-state index contributed by atoms with van der Waals surface area (Å²) in [4.78, 5) is 15.0. The fourth-order valence-electron chi connectivity index (χ4n) is 3.39. The van der Waals surface area contributed by atoms with E-state index < -0.39 is 0 Å². The van der Waals surface area contributed by atoms with Gasteiger partial charge < -0.3 is 10.1 Å². The van der Waals surface area contributed by atoms with Crippen LogP contribution in [0.5, 0.6) is 0 Å². The van der Waals surface area contributed by atoms with Crippen molar-refractivity contribution in [3.63, 3.8) is 0 Å². The van der Waals surface area contributed by atoms with Crippen molar-refractivity contribution in [2.45, 2.75) is 17.5 Å². The van der Waals surface area contributed by atoms with Crippen LogP contribution in [-0.4, -0.2) is 48.6 Å². The number of anilines is 1. The van der Waals surface area contributed by atoms with E-state index >= 15 is 0 Å². The number of carbonyl (C=O) groups is 1. The highest BCUT2D eigenvalue weighted by molar-refractivity contribution is 8.16. The van der Waals surface area contributed by atoms with Crippen LogP contribution in [-0.2, 0) is 11.3 Å². The van der Waals surface area contributed by atoms with Gasteiger partial charge >= 0.3 is 0 Å². The molecule has 0 aliphatic carbocycles. The Kier molecular flexibility index (Phi) is 6.96. The fraction of sp³-hybridized carbons (Fsp3) is 0.409. The molecule has 2 aromatic carbocycles. The molecule has 0 radical (unpaired) electrons. The number of ether oxygens (including phenoxy) is 1. The smallest absolute Gasteiger partial charge is 0.255 e. The molecule has 1 N–H and O–H groups in total. The van der Waals surface area contributed by atoms with Gasteiger partial charge in [0.05, 0.1) is 17.8 Å². The van der Waals surface area contributed by atoms with E-state index in [-0.39, 0.29) is 5.91 Å². The molecule has 4 rings (SSSR count). The first-order chi connectivity index (χ1) is 13.8. The number of rotatable bonds is 5. The van der Waals surface area contributed by atoms with Gasteiger partial charge in [-0.1, -0.05) is 24.3 Å². The molecule has 0 spiro atoms. The second-order valence-electron chi connectivity index (χ2n) is 7.09. The summed E-state index contributed by atoms with van der Waals surface area (Å²) in [6, 6.07) is 16.2. The lowest BCUT2D eigenvalue weighted by Gasteiger charge is -2.26. The summed E-state index contributed by atoms with van der Waals surface area (Å²) < 4.78 is 5.90. The van der Waals surface area contributed by atoms with Crippen LogP contribution in [0.15, 0.2) is 48.5 Å². The average molecular weight is 415 g/mol. The van der Waals surface area contributed by atoms with E-state index in [1.54, 1.807) is 0 Å². The van der Waals surface area contributed by atoms with Crippen molar-refractivity contribution < 1.29 is 9.53 Å². The standard InChI is InChI=1S/C22H26N2O2S2/c25-21(18-4-6-19(7-5-18)22-27-14-1-15-28-22)23-20-8-2-17(3-9-20)16-24-10-12-26-13-11-24/h2-9,22H,1,10-16H2,(H,23,25). The molecule has 0 atom stereocenters. The predicted octanol–water partition coefficient (Wildman–Crippen LogP) is 4.64. The Morgan fingerprint density at radius 1 is 1.00 bits per heavy atom. The second kappa shape index (κ2) is 9.83. The first-order valence-corrected chi connectivity index (χ1v) is 11.9. The van der Waals surface area contributed by atoms with Crippen molar-refractivity contribution in [1.29, 1.82) is 0 Å². The van der Waals surface area contributed by atoms with Gasteiger partial charge in [0, 0.05) is 30.9 Å². The van der Waals surface area contributed by atoms with E-state index in [0.29, 0.717) is 10.1 Å². The molecule has 0 saturated carbocycles. The van der Waals surface area contributed by atoms with E-state index in [0.717, 1.165) is 38.5 Å². The van der Waals surface area contributed by atoms with E-state index in [1.165, 1.54) is 29.1 Å². The number of thioether (sulfide) groups is 2. The maximum atomic E-state index is 12.6. The number of carbonyl (C=O) groups excluding carboxylic acids is 1. The lowest BCUT2D eigenvalue weighted by Crippen LogP contribution is -2.35. The Labute approximate surface area is 175 Å². The maximum absolute atomic E-state index is 12.6. The third kappa shape index (κ3) is 5.32. The van der Waals surface area contributed by atoms with Gasteiger partial charge in [0.1, 0.15) is 0 Å². The topological polar surface area (TPSA) is 41.6 Å². The van der Waals surface area contributed by atoms with Crippen molar-refractivity contribution in [3.05, 3.63) is 65.2 Å². The van der Waals surface area contributed by atoms with E-state index in [2.05, 4.69) is 34.5 Å². The van der Waals surface area contributed by atoms with Crippen LogP contribution >= 0.6 is 23.5 Å². The monoisotopic (exact) mass is 414 g/mol. The van der Waals surface area contributed by atoms with Gasteiger partial charge in [0.2, 0.25) is 0 Å². The Balaban J connectivity index is 1.32. The van der Waals surface area contributed by atoms with Crippen LogP contribution in [0.1, 0.15) is 32.5 Å². The van der Waals surface area contributed by atoms with Gasteiger partial charge in [-0.15, -0.1) is 23.5 Å². The molecule has 148 valence electrons. The van der Waals surface area contributed by atoms with Crippen LogP contribution in [0, 0.1) is 0 Å². The minimum atomic E-state index is -0.0589. The summed E-state index contributed by atoms with van der Waals surface area (Å²) in [5, 5.41) is 3.01. The Hall–Kier alpha value is -1.47. The van der Waals surface area contributed by atoms with Crippen molar-refractivity contribution in [3.8, 4) is 0 Å². The highest BCUT2D eigenvalue weighted by atomic mass is 32.2. The molecule has 2 aromatic rings. The van der Waals surface area contributed by atoms with Gasteiger partial charge in [0.25, 0.3) is 5.91 Å². The van der Waals surface area contributed by atoms with Crippen LogP contribution in [0.3, 0.4) is 0 Å². The lowest BCUT2D eigenvalue weighted by molar-refractivity contribution is 0.0342. The third-order valence-corrected chi connectivity index (χ3v) is 8.01.